The van der Waals surface area contributed by atoms with E-state index in [9.17, 15) is 4.79 Å². The van der Waals surface area contributed by atoms with Crippen LogP contribution in [0.25, 0.3) is 33.5 Å². The maximum atomic E-state index is 16.5. The van der Waals surface area contributed by atoms with E-state index in [1.807, 2.05) is 25.1 Å². The number of hydrogen-bond donors (Lipinski definition) is 2. The summed E-state index contributed by atoms with van der Waals surface area (Å²) < 4.78 is 16.5. The minimum Gasteiger partial charge on any atom is -0.361 e. The number of imidazole rings is 1. The lowest BCUT2D eigenvalue weighted by Crippen LogP contribution is -2.13. The third kappa shape index (κ3) is 4.15. The van der Waals surface area contributed by atoms with Crippen molar-refractivity contribution in [2.75, 3.05) is 23.3 Å². The van der Waals surface area contributed by atoms with Crippen LogP contribution in [0.15, 0.2) is 66.4 Å². The van der Waals surface area contributed by atoms with E-state index >= 15 is 4.39 Å². The predicted octanol–water partition coefficient (Wildman–Crippen LogP) is 4.39. The minimum absolute atomic E-state index is 0.122. The molecule has 2 aliphatic rings. The normalized spacial score (nSPS) is 15.7. The monoisotopic (exact) mass is 533 g/mol. The Labute approximate surface area is 228 Å². The molecule has 1 atom stereocenters. The summed E-state index contributed by atoms with van der Waals surface area (Å²) in [6.07, 6.45) is 11.0. The molecule has 2 aliphatic heterocycles. The van der Waals surface area contributed by atoms with Crippen LogP contribution < -0.4 is 10.2 Å². The molecule has 5 aromatic heterocycles. The third-order valence-corrected chi connectivity index (χ3v) is 7.05. The molecule has 40 heavy (non-hydrogen) atoms. The van der Waals surface area contributed by atoms with Crippen LogP contribution in [0.1, 0.15) is 31.2 Å². The van der Waals surface area contributed by atoms with Crippen LogP contribution in [-0.4, -0.2) is 60.7 Å². The Morgan fingerprint density at radius 1 is 1.15 bits per heavy atom. The highest BCUT2D eigenvalue weighted by Gasteiger charge is 2.41. The van der Waals surface area contributed by atoms with Crippen LogP contribution in [0.4, 0.5) is 15.8 Å². The van der Waals surface area contributed by atoms with Crippen molar-refractivity contribution in [3.63, 3.8) is 0 Å². The number of aromatic amines is 1. The van der Waals surface area contributed by atoms with Crippen LogP contribution >= 0.6 is 0 Å². The highest BCUT2D eigenvalue weighted by molar-refractivity contribution is 6.16. The molecule has 7 heterocycles. The van der Waals surface area contributed by atoms with Crippen molar-refractivity contribution >= 4 is 34.0 Å². The summed E-state index contributed by atoms with van der Waals surface area (Å²) in [5.74, 6) is -0.201. The van der Waals surface area contributed by atoms with Gasteiger partial charge in [-0.15, -0.1) is 0 Å². The third-order valence-electron chi connectivity index (χ3n) is 7.05. The summed E-state index contributed by atoms with van der Waals surface area (Å²) in [6, 6.07) is 7.53. The highest BCUT2D eigenvalue weighted by Crippen LogP contribution is 2.39. The molecule has 1 saturated heterocycles. The number of fused-ring (bicyclic) bond motifs is 4. The molecule has 11 heteroatoms. The number of amides is 1. The number of aliphatic imine (C=N–C) groups is 1. The second-order valence-corrected chi connectivity index (χ2v) is 9.82. The number of halogens is 1. The van der Waals surface area contributed by atoms with Crippen LogP contribution in [0, 0.1) is 5.82 Å². The Bertz CT molecular complexity index is 1800. The summed E-state index contributed by atoms with van der Waals surface area (Å²) in [5.41, 5.74) is 5.37. The number of rotatable bonds is 6. The van der Waals surface area contributed by atoms with Crippen molar-refractivity contribution < 1.29 is 9.18 Å². The zero-order valence-corrected chi connectivity index (χ0v) is 21.6. The number of carbonyl (C=O) groups is 1. The molecule has 5 aromatic rings. The molecule has 0 aromatic carbocycles. The van der Waals surface area contributed by atoms with Gasteiger partial charge in [-0.1, -0.05) is 13.0 Å². The lowest BCUT2D eigenvalue weighted by Gasteiger charge is -2.14. The smallest absolute Gasteiger partial charge is 0.224 e. The highest BCUT2D eigenvalue weighted by atomic mass is 19.1. The van der Waals surface area contributed by atoms with Crippen molar-refractivity contribution in [1.82, 2.24) is 29.9 Å². The molecule has 2 N–H and O–H groups in total. The van der Waals surface area contributed by atoms with Crippen molar-refractivity contribution in [3.8, 4) is 22.5 Å². The molecular weight excluding hydrogens is 509 g/mol. The maximum Gasteiger partial charge on any atom is 0.224 e. The standard InChI is InChI=1S/C29H24FN9O/c1-2-5-23(40)36-17-8-16(9-31-10-17)26-25(30)24-22(14-35-26)39-15-18(39)11-34-28(24)29-37-21-13-32-12-19(27(21)38-29)20-6-3-4-7-33-20/h3-4,6-10,12-14,18H,2,5,11,15H2,1H3,(H,36,40)(H,37,38). The van der Waals surface area contributed by atoms with Gasteiger partial charge in [0, 0.05) is 42.7 Å². The van der Waals surface area contributed by atoms with Gasteiger partial charge in [0.25, 0.3) is 0 Å². The van der Waals surface area contributed by atoms with Gasteiger partial charge in [0.05, 0.1) is 59.3 Å². The molecule has 0 aliphatic carbocycles. The second kappa shape index (κ2) is 9.60. The molecule has 1 fully saturated rings. The van der Waals surface area contributed by atoms with Crippen molar-refractivity contribution in [3.05, 3.63) is 78.7 Å². The molecule has 0 saturated carbocycles. The number of carbonyl (C=O) groups excluding carboxylic acids is 1. The first-order valence-corrected chi connectivity index (χ1v) is 13.1. The SMILES string of the molecule is CCCC(=O)Nc1cncc(-c2ncc3c(c2F)C(c2nc4c(-c5ccccn5)cncc4[nH]2)=NCC2CN32)c1. The summed E-state index contributed by atoms with van der Waals surface area (Å²) in [5, 5.41) is 2.82. The summed E-state index contributed by atoms with van der Waals surface area (Å²) in [4.78, 5) is 44.7. The van der Waals surface area contributed by atoms with Crippen molar-refractivity contribution in [2.45, 2.75) is 25.8 Å². The molecule has 1 unspecified atom stereocenters. The number of pyridine rings is 4. The van der Waals surface area contributed by atoms with Gasteiger partial charge in [-0.05, 0) is 24.6 Å². The van der Waals surface area contributed by atoms with Gasteiger partial charge in [0.15, 0.2) is 11.6 Å². The Hall–Kier alpha value is -5.06. The van der Waals surface area contributed by atoms with E-state index in [2.05, 4.69) is 35.1 Å². The zero-order valence-electron chi connectivity index (χ0n) is 21.6. The van der Waals surface area contributed by atoms with E-state index < -0.39 is 5.82 Å². The molecular formula is C29H24FN9O. The molecule has 10 nitrogen and oxygen atoms in total. The van der Waals surface area contributed by atoms with E-state index in [-0.39, 0.29) is 17.6 Å². The quantitative estimate of drug-likeness (QED) is 0.310. The number of nitrogens with one attached hydrogen (secondary N) is 2. The Morgan fingerprint density at radius 3 is 2.90 bits per heavy atom. The number of hydrogen-bond acceptors (Lipinski definition) is 8. The topological polar surface area (TPSA) is 125 Å². The van der Waals surface area contributed by atoms with Crippen LogP contribution in [0.3, 0.4) is 0 Å². The fourth-order valence-corrected chi connectivity index (χ4v) is 5.07. The Morgan fingerprint density at radius 2 is 2.05 bits per heavy atom. The lowest BCUT2D eigenvalue weighted by atomic mass is 10.0. The Kier molecular flexibility index (Phi) is 5.76. The zero-order chi connectivity index (χ0) is 27.2. The molecule has 0 bridgehead atoms. The van der Waals surface area contributed by atoms with Gasteiger partial charge in [-0.25, -0.2) is 9.37 Å². The molecule has 7 rings (SSSR count). The average molecular weight is 534 g/mol. The predicted molar refractivity (Wildman–Crippen MR) is 150 cm³/mol. The molecule has 198 valence electrons. The Balaban J connectivity index is 1.34. The average Bonchev–Trinajstić information content (AvgIpc) is 3.64. The van der Waals surface area contributed by atoms with Crippen LogP contribution in [0.2, 0.25) is 0 Å². The first kappa shape index (κ1) is 24.0. The van der Waals surface area contributed by atoms with E-state index in [1.165, 1.54) is 12.4 Å². The van der Waals surface area contributed by atoms with Crippen LogP contribution in [0.5, 0.6) is 0 Å². The van der Waals surface area contributed by atoms with Crippen LogP contribution in [-0.2, 0) is 4.79 Å². The van der Waals surface area contributed by atoms with Gasteiger partial charge >= 0.3 is 0 Å². The number of H-pyrrole nitrogens is 1. The summed E-state index contributed by atoms with van der Waals surface area (Å²) >= 11 is 0. The summed E-state index contributed by atoms with van der Waals surface area (Å²) in [7, 11) is 0. The van der Waals surface area contributed by atoms with Crippen molar-refractivity contribution in [1.29, 1.82) is 0 Å². The second-order valence-electron chi connectivity index (χ2n) is 9.82. The number of nitrogens with zero attached hydrogens (tertiary/aromatic N) is 7. The lowest BCUT2D eigenvalue weighted by molar-refractivity contribution is -0.116. The summed E-state index contributed by atoms with van der Waals surface area (Å²) in [6.45, 7) is 3.24. The van der Waals surface area contributed by atoms with E-state index in [4.69, 9.17) is 9.98 Å². The maximum absolute atomic E-state index is 16.5. The first-order valence-electron chi connectivity index (χ1n) is 13.1. The molecule has 0 radical (unpaired) electrons. The van der Waals surface area contributed by atoms with E-state index in [0.29, 0.717) is 58.0 Å². The largest absolute Gasteiger partial charge is 0.361 e. The van der Waals surface area contributed by atoms with Gasteiger partial charge in [-0.2, -0.15) is 0 Å². The minimum atomic E-state index is -0.522. The number of anilines is 2. The van der Waals surface area contributed by atoms with Gasteiger partial charge in [0.2, 0.25) is 5.91 Å². The molecule has 1 amide bonds. The van der Waals surface area contributed by atoms with Gasteiger partial charge in [0.1, 0.15) is 16.9 Å². The fraction of sp³-hybridized carbons (Fsp3) is 0.207. The van der Waals surface area contributed by atoms with E-state index in [0.717, 1.165) is 24.2 Å². The van der Waals surface area contributed by atoms with E-state index in [1.54, 1.807) is 30.9 Å². The van der Waals surface area contributed by atoms with Gasteiger partial charge < -0.3 is 15.2 Å². The first-order chi connectivity index (χ1) is 19.6. The number of aromatic nitrogens is 6. The fourth-order valence-electron chi connectivity index (χ4n) is 5.07. The van der Waals surface area contributed by atoms with Gasteiger partial charge in [-0.3, -0.25) is 29.7 Å². The molecule has 0 spiro atoms. The van der Waals surface area contributed by atoms with Crippen molar-refractivity contribution in [2.24, 2.45) is 4.99 Å².